The molecule has 1 amide bonds. The lowest BCUT2D eigenvalue weighted by molar-refractivity contribution is -0.137. The summed E-state index contributed by atoms with van der Waals surface area (Å²) >= 11 is 0. The molecule has 1 aromatic heterocycles. The highest BCUT2D eigenvalue weighted by molar-refractivity contribution is 6.00. The molecule has 1 aliphatic carbocycles. The number of ether oxygens (including phenoxy) is 1. The summed E-state index contributed by atoms with van der Waals surface area (Å²) in [6, 6.07) is 7.27. The van der Waals surface area contributed by atoms with E-state index < -0.39 is 5.97 Å². The molecule has 1 aliphatic rings. The molecule has 0 atom stereocenters. The molecule has 0 aliphatic heterocycles. The summed E-state index contributed by atoms with van der Waals surface area (Å²) in [5.74, 6) is -0.562. The number of nitrogens with zero attached hydrogens (tertiary/aromatic N) is 2. The lowest BCUT2D eigenvalue weighted by atomic mass is 10.1. The first kappa shape index (κ1) is 15.3. The van der Waals surface area contributed by atoms with E-state index >= 15 is 0 Å². The molecule has 1 saturated carbocycles. The number of carbonyl (C=O) groups is 2. The summed E-state index contributed by atoms with van der Waals surface area (Å²) in [7, 11) is 1.59. The van der Waals surface area contributed by atoms with Crippen molar-refractivity contribution in [2.75, 3.05) is 13.7 Å². The number of rotatable bonds is 5. The van der Waals surface area contributed by atoms with Crippen LogP contribution in [0.2, 0.25) is 0 Å². The molecule has 1 aromatic carbocycles. The van der Waals surface area contributed by atoms with Gasteiger partial charge in [0.05, 0.1) is 23.9 Å². The zero-order valence-electron chi connectivity index (χ0n) is 13.1. The molecular formula is C17H18N2O4. The number of aromatic nitrogens is 1. The van der Waals surface area contributed by atoms with E-state index in [0.717, 1.165) is 23.7 Å². The zero-order valence-corrected chi connectivity index (χ0v) is 13.1. The minimum Gasteiger partial charge on any atom is -0.497 e. The summed E-state index contributed by atoms with van der Waals surface area (Å²) in [5, 5.41) is 9.86. The average Bonchev–Trinajstić information content (AvgIpc) is 3.35. The third-order valence-electron chi connectivity index (χ3n) is 4.00. The number of benzene rings is 1. The molecule has 1 heterocycles. The van der Waals surface area contributed by atoms with E-state index in [-0.39, 0.29) is 18.5 Å². The van der Waals surface area contributed by atoms with Crippen LogP contribution < -0.4 is 4.74 Å². The van der Waals surface area contributed by atoms with Gasteiger partial charge in [-0.15, -0.1) is 0 Å². The molecule has 2 aromatic rings. The Labute approximate surface area is 133 Å². The predicted molar refractivity (Wildman–Crippen MR) is 84.7 cm³/mol. The second-order valence-corrected chi connectivity index (χ2v) is 5.74. The van der Waals surface area contributed by atoms with Crippen LogP contribution >= 0.6 is 0 Å². The van der Waals surface area contributed by atoms with E-state index in [1.165, 1.54) is 4.90 Å². The van der Waals surface area contributed by atoms with Crippen LogP contribution in [0.15, 0.2) is 24.3 Å². The minimum atomic E-state index is -0.999. The summed E-state index contributed by atoms with van der Waals surface area (Å²) in [5.41, 5.74) is 1.79. The van der Waals surface area contributed by atoms with Gasteiger partial charge in [0, 0.05) is 17.5 Å². The van der Waals surface area contributed by atoms with Crippen LogP contribution in [0.3, 0.4) is 0 Å². The maximum Gasteiger partial charge on any atom is 0.323 e. The van der Waals surface area contributed by atoms with Crippen LogP contribution in [0.4, 0.5) is 0 Å². The quantitative estimate of drug-likeness (QED) is 0.915. The maximum atomic E-state index is 12.7. The molecule has 120 valence electrons. The van der Waals surface area contributed by atoms with Crippen molar-refractivity contribution in [3.05, 3.63) is 35.5 Å². The second-order valence-electron chi connectivity index (χ2n) is 5.74. The van der Waals surface area contributed by atoms with E-state index in [1.54, 1.807) is 20.1 Å². The Hall–Kier alpha value is -2.63. The van der Waals surface area contributed by atoms with Crippen LogP contribution in [0.25, 0.3) is 10.9 Å². The molecule has 3 rings (SSSR count). The van der Waals surface area contributed by atoms with Crippen molar-refractivity contribution < 1.29 is 19.4 Å². The number of carboxylic acids is 1. The molecule has 1 N–H and O–H groups in total. The molecule has 6 heteroatoms. The predicted octanol–water partition coefficient (Wildman–Crippen LogP) is 2.24. The van der Waals surface area contributed by atoms with E-state index in [0.29, 0.717) is 17.0 Å². The number of amides is 1. The van der Waals surface area contributed by atoms with Crippen molar-refractivity contribution in [3.63, 3.8) is 0 Å². The Bertz CT molecular complexity index is 784. The number of hydrogen-bond donors (Lipinski definition) is 1. The first-order valence-corrected chi connectivity index (χ1v) is 7.47. The highest BCUT2D eigenvalue weighted by Crippen LogP contribution is 2.29. The molecule has 6 nitrogen and oxygen atoms in total. The number of fused-ring (bicyclic) bond motifs is 1. The second kappa shape index (κ2) is 5.87. The van der Waals surface area contributed by atoms with Gasteiger partial charge in [-0.1, -0.05) is 0 Å². The van der Waals surface area contributed by atoms with Gasteiger partial charge in [-0.2, -0.15) is 0 Å². The Morgan fingerprint density at radius 2 is 2.09 bits per heavy atom. The van der Waals surface area contributed by atoms with Crippen LogP contribution in [0, 0.1) is 6.92 Å². The normalized spacial score (nSPS) is 13.8. The van der Waals surface area contributed by atoms with Crippen LogP contribution in [0.5, 0.6) is 5.75 Å². The summed E-state index contributed by atoms with van der Waals surface area (Å²) in [6.45, 7) is 1.49. The van der Waals surface area contributed by atoms with Crippen LogP contribution in [-0.4, -0.2) is 46.6 Å². The molecule has 23 heavy (non-hydrogen) atoms. The summed E-state index contributed by atoms with van der Waals surface area (Å²) in [6.07, 6.45) is 1.71. The van der Waals surface area contributed by atoms with Crippen molar-refractivity contribution >= 4 is 22.8 Å². The number of carbonyl (C=O) groups excluding carboxylic acids is 1. The number of aryl methyl sites for hydroxylation is 1. The van der Waals surface area contributed by atoms with Crippen molar-refractivity contribution in [2.24, 2.45) is 0 Å². The molecule has 0 unspecified atom stereocenters. The molecule has 1 fully saturated rings. The Kier molecular flexibility index (Phi) is 3.90. The van der Waals surface area contributed by atoms with Gasteiger partial charge < -0.3 is 14.7 Å². The SMILES string of the molecule is COc1ccc2cc(C(=O)N(CC(=O)O)C3CC3)c(C)nc2c1. The lowest BCUT2D eigenvalue weighted by Gasteiger charge is -2.21. The molecule has 0 bridgehead atoms. The highest BCUT2D eigenvalue weighted by atomic mass is 16.5. The van der Waals surface area contributed by atoms with Crippen molar-refractivity contribution in [2.45, 2.75) is 25.8 Å². The van der Waals surface area contributed by atoms with E-state index in [2.05, 4.69) is 4.98 Å². The third kappa shape index (κ3) is 3.11. The first-order chi connectivity index (χ1) is 11.0. The number of hydrogen-bond acceptors (Lipinski definition) is 4. The monoisotopic (exact) mass is 314 g/mol. The Morgan fingerprint density at radius 1 is 1.35 bits per heavy atom. The number of carboxylic acid groups (broad SMARTS) is 1. The van der Waals surface area contributed by atoms with E-state index in [4.69, 9.17) is 9.84 Å². The molecule has 0 saturated heterocycles. The number of pyridine rings is 1. The van der Waals surface area contributed by atoms with E-state index in [1.807, 2.05) is 18.2 Å². The Balaban J connectivity index is 1.99. The Morgan fingerprint density at radius 3 is 2.70 bits per heavy atom. The van der Waals surface area contributed by atoms with Gasteiger partial charge in [-0.25, -0.2) is 0 Å². The van der Waals surface area contributed by atoms with Gasteiger partial charge in [-0.3, -0.25) is 14.6 Å². The van der Waals surface area contributed by atoms with Crippen LogP contribution in [-0.2, 0) is 4.79 Å². The minimum absolute atomic E-state index is 0.0320. The van der Waals surface area contributed by atoms with E-state index in [9.17, 15) is 9.59 Å². The number of aliphatic carboxylic acids is 1. The fourth-order valence-electron chi connectivity index (χ4n) is 2.64. The van der Waals surface area contributed by atoms with Gasteiger partial charge in [0.2, 0.25) is 0 Å². The van der Waals surface area contributed by atoms with Crippen molar-refractivity contribution in [1.82, 2.24) is 9.88 Å². The smallest absolute Gasteiger partial charge is 0.323 e. The van der Waals surface area contributed by atoms with Gasteiger partial charge in [-0.05, 0) is 38.0 Å². The fraction of sp³-hybridized carbons (Fsp3) is 0.353. The standard InChI is InChI=1S/C17H18N2O4/c1-10-14(17(22)19(9-16(20)21)12-4-5-12)7-11-3-6-13(23-2)8-15(11)18-10/h3,6-8,12H,4-5,9H2,1-2H3,(H,20,21). The maximum absolute atomic E-state index is 12.7. The molecular weight excluding hydrogens is 296 g/mol. The van der Waals surface area contributed by atoms with Gasteiger partial charge in [0.25, 0.3) is 5.91 Å². The fourth-order valence-corrected chi connectivity index (χ4v) is 2.64. The van der Waals surface area contributed by atoms with Gasteiger partial charge >= 0.3 is 5.97 Å². The van der Waals surface area contributed by atoms with Crippen molar-refractivity contribution in [1.29, 1.82) is 0 Å². The first-order valence-electron chi connectivity index (χ1n) is 7.47. The zero-order chi connectivity index (χ0) is 16.6. The van der Waals surface area contributed by atoms with Crippen LogP contribution in [0.1, 0.15) is 28.9 Å². The number of methoxy groups -OCH3 is 1. The summed E-state index contributed by atoms with van der Waals surface area (Å²) < 4.78 is 5.18. The third-order valence-corrected chi connectivity index (χ3v) is 4.00. The van der Waals surface area contributed by atoms with Gasteiger partial charge in [0.1, 0.15) is 12.3 Å². The average molecular weight is 314 g/mol. The topological polar surface area (TPSA) is 79.7 Å². The largest absolute Gasteiger partial charge is 0.497 e. The highest BCUT2D eigenvalue weighted by Gasteiger charge is 2.35. The van der Waals surface area contributed by atoms with Crippen molar-refractivity contribution in [3.8, 4) is 5.75 Å². The lowest BCUT2D eigenvalue weighted by Crippen LogP contribution is -2.37. The molecule has 0 spiro atoms. The molecule has 0 radical (unpaired) electrons. The van der Waals surface area contributed by atoms with Gasteiger partial charge in [0.15, 0.2) is 0 Å². The summed E-state index contributed by atoms with van der Waals surface area (Å²) in [4.78, 5) is 29.7.